The molecule has 0 saturated carbocycles. The van der Waals surface area contributed by atoms with Crippen molar-refractivity contribution in [2.75, 3.05) is 12.8 Å². The minimum Gasteiger partial charge on any atom is -0.465 e. The topological polar surface area (TPSA) is 101 Å². The Hall–Kier alpha value is -1.57. The molecule has 1 unspecified atom stereocenters. The fraction of sp³-hybridized carbons (Fsp3) is 0.636. The summed E-state index contributed by atoms with van der Waals surface area (Å²) in [4.78, 5) is 14.8. The van der Waals surface area contributed by atoms with Gasteiger partial charge in [-0.1, -0.05) is 0 Å². The molecular weight excluding hydrogens is 272 g/mol. The summed E-state index contributed by atoms with van der Waals surface area (Å²) < 4.78 is 29.6. The van der Waals surface area contributed by atoms with E-state index < -0.39 is 20.8 Å². The van der Waals surface area contributed by atoms with Gasteiger partial charge in [0.15, 0.2) is 20.6 Å². The van der Waals surface area contributed by atoms with E-state index in [2.05, 4.69) is 4.98 Å². The van der Waals surface area contributed by atoms with Crippen LogP contribution in [0.1, 0.15) is 30.8 Å². The van der Waals surface area contributed by atoms with Crippen molar-refractivity contribution in [3.8, 4) is 0 Å². The normalized spacial score (nSPS) is 24.4. The first-order valence-electron chi connectivity index (χ1n) is 5.92. The number of aryl methyl sites for hydroxylation is 1. The number of carboxylic acid groups (broad SMARTS) is 1. The van der Waals surface area contributed by atoms with Crippen molar-refractivity contribution in [2.24, 2.45) is 0 Å². The van der Waals surface area contributed by atoms with E-state index in [9.17, 15) is 18.3 Å². The molecule has 1 fully saturated rings. The number of piperidine rings is 1. The molecular formula is C11H16N2O5S. The van der Waals surface area contributed by atoms with Crippen LogP contribution in [0.2, 0.25) is 0 Å². The molecule has 1 aromatic heterocycles. The van der Waals surface area contributed by atoms with Gasteiger partial charge in [-0.25, -0.2) is 18.2 Å². The number of hydrogen-bond donors (Lipinski definition) is 1. The first-order chi connectivity index (χ1) is 8.79. The molecule has 0 aliphatic carbocycles. The number of likely N-dealkylation sites (tertiary alicyclic amines) is 1. The van der Waals surface area contributed by atoms with Gasteiger partial charge in [0.05, 0.1) is 0 Å². The lowest BCUT2D eigenvalue weighted by Gasteiger charge is -2.42. The largest absolute Gasteiger partial charge is 0.465 e. The molecule has 0 aromatic carbocycles. The highest BCUT2D eigenvalue weighted by molar-refractivity contribution is 7.91. The zero-order chi connectivity index (χ0) is 14.3. The zero-order valence-corrected chi connectivity index (χ0v) is 11.6. The SMILES string of the molecule is Cc1nc(C2(S(C)(=O)=O)CCCCN2C(=O)O)co1. The second-order valence-corrected chi connectivity index (χ2v) is 6.92. The third-order valence-corrected chi connectivity index (χ3v) is 5.31. The Morgan fingerprint density at radius 2 is 2.21 bits per heavy atom. The average Bonchev–Trinajstić information content (AvgIpc) is 2.74. The van der Waals surface area contributed by atoms with Crippen LogP contribution in [0.3, 0.4) is 0 Å². The van der Waals surface area contributed by atoms with Crippen molar-refractivity contribution in [3.05, 3.63) is 17.8 Å². The van der Waals surface area contributed by atoms with E-state index in [0.29, 0.717) is 18.7 Å². The Balaban J connectivity index is 2.66. The fourth-order valence-electron chi connectivity index (χ4n) is 2.58. The van der Waals surface area contributed by atoms with Gasteiger partial charge in [0.1, 0.15) is 12.0 Å². The second-order valence-electron chi connectivity index (χ2n) is 4.70. The highest BCUT2D eigenvalue weighted by Crippen LogP contribution is 2.41. The maximum atomic E-state index is 12.2. The number of amides is 1. The number of sulfone groups is 1. The average molecular weight is 288 g/mol. The molecule has 7 nitrogen and oxygen atoms in total. The van der Waals surface area contributed by atoms with Crippen LogP contribution in [0.4, 0.5) is 4.79 Å². The molecule has 2 rings (SSSR count). The van der Waals surface area contributed by atoms with Crippen molar-refractivity contribution in [1.29, 1.82) is 0 Å². The van der Waals surface area contributed by atoms with Gasteiger partial charge in [-0.3, -0.25) is 4.90 Å². The van der Waals surface area contributed by atoms with Crippen molar-refractivity contribution in [3.63, 3.8) is 0 Å². The highest BCUT2D eigenvalue weighted by Gasteiger charge is 2.53. The van der Waals surface area contributed by atoms with Gasteiger partial charge in [-0.2, -0.15) is 0 Å². The monoisotopic (exact) mass is 288 g/mol. The molecule has 1 saturated heterocycles. The Kier molecular flexibility index (Phi) is 3.29. The molecule has 19 heavy (non-hydrogen) atoms. The molecule has 1 aromatic rings. The van der Waals surface area contributed by atoms with Crippen molar-refractivity contribution >= 4 is 15.9 Å². The van der Waals surface area contributed by atoms with Gasteiger partial charge in [-0.05, 0) is 19.3 Å². The summed E-state index contributed by atoms with van der Waals surface area (Å²) in [6.45, 7) is 1.77. The fourth-order valence-corrected chi connectivity index (χ4v) is 4.14. The zero-order valence-electron chi connectivity index (χ0n) is 10.8. The van der Waals surface area contributed by atoms with Crippen molar-refractivity contribution < 1.29 is 22.7 Å². The van der Waals surface area contributed by atoms with Crippen LogP contribution < -0.4 is 0 Å². The summed E-state index contributed by atoms with van der Waals surface area (Å²) in [5.41, 5.74) is 0.148. The quantitative estimate of drug-likeness (QED) is 0.881. The van der Waals surface area contributed by atoms with Gasteiger partial charge in [0.25, 0.3) is 0 Å². The summed E-state index contributed by atoms with van der Waals surface area (Å²) in [5, 5.41) is 9.31. The molecule has 0 bridgehead atoms. The highest BCUT2D eigenvalue weighted by atomic mass is 32.2. The molecule has 0 radical (unpaired) electrons. The Morgan fingerprint density at radius 3 is 2.68 bits per heavy atom. The third-order valence-electron chi connectivity index (χ3n) is 3.45. The molecule has 1 N–H and O–H groups in total. The Morgan fingerprint density at radius 1 is 1.53 bits per heavy atom. The lowest BCUT2D eigenvalue weighted by Crippen LogP contribution is -2.56. The predicted octanol–water partition coefficient (Wildman–Crippen LogP) is 1.34. The van der Waals surface area contributed by atoms with Crippen LogP contribution in [0.5, 0.6) is 0 Å². The molecule has 0 spiro atoms. The summed E-state index contributed by atoms with van der Waals surface area (Å²) >= 11 is 0. The van der Waals surface area contributed by atoms with E-state index in [0.717, 1.165) is 11.2 Å². The summed E-state index contributed by atoms with van der Waals surface area (Å²) in [5.74, 6) is 0.314. The van der Waals surface area contributed by atoms with Crippen LogP contribution in [-0.4, -0.2) is 42.3 Å². The van der Waals surface area contributed by atoms with E-state index in [-0.39, 0.29) is 18.7 Å². The van der Waals surface area contributed by atoms with Gasteiger partial charge in [-0.15, -0.1) is 0 Å². The summed E-state index contributed by atoms with van der Waals surface area (Å²) in [6, 6.07) is 0. The van der Waals surface area contributed by atoms with Crippen LogP contribution >= 0.6 is 0 Å². The lowest BCUT2D eigenvalue weighted by atomic mass is 9.99. The minimum atomic E-state index is -3.70. The Bertz CT molecular complexity index is 594. The van der Waals surface area contributed by atoms with Crippen LogP contribution in [-0.2, 0) is 14.7 Å². The Labute approximate surface area is 111 Å². The molecule has 1 aliphatic rings. The van der Waals surface area contributed by atoms with Crippen LogP contribution in [0.15, 0.2) is 10.7 Å². The number of hydrogen-bond acceptors (Lipinski definition) is 5. The molecule has 1 aliphatic heterocycles. The van der Waals surface area contributed by atoms with Crippen molar-refractivity contribution in [1.82, 2.24) is 9.88 Å². The summed E-state index contributed by atoms with van der Waals surface area (Å²) in [6.07, 6.45) is 2.48. The first kappa shape index (κ1) is 13.9. The predicted molar refractivity (Wildman–Crippen MR) is 66.3 cm³/mol. The van der Waals surface area contributed by atoms with E-state index >= 15 is 0 Å². The lowest BCUT2D eigenvalue weighted by molar-refractivity contribution is 0.0856. The first-order valence-corrected chi connectivity index (χ1v) is 7.81. The summed E-state index contributed by atoms with van der Waals surface area (Å²) in [7, 11) is -3.70. The standard InChI is InChI=1S/C11H16N2O5S/c1-8-12-9(7-18-8)11(19(2,16)17)5-3-4-6-13(11)10(14)15/h7H,3-6H2,1-2H3,(H,14,15). The van der Waals surface area contributed by atoms with Gasteiger partial charge < -0.3 is 9.52 Å². The smallest absolute Gasteiger partial charge is 0.408 e. The van der Waals surface area contributed by atoms with Crippen LogP contribution in [0, 0.1) is 6.92 Å². The number of aromatic nitrogens is 1. The van der Waals surface area contributed by atoms with Gasteiger partial charge in [0.2, 0.25) is 0 Å². The third kappa shape index (κ3) is 2.09. The molecule has 1 amide bonds. The number of rotatable bonds is 2. The number of carbonyl (C=O) groups is 1. The number of oxazole rings is 1. The van der Waals surface area contributed by atoms with Gasteiger partial charge in [0, 0.05) is 19.7 Å². The molecule has 2 heterocycles. The maximum Gasteiger partial charge on any atom is 0.408 e. The minimum absolute atomic E-state index is 0.148. The van der Waals surface area contributed by atoms with E-state index in [1.54, 1.807) is 6.92 Å². The molecule has 1 atom stereocenters. The van der Waals surface area contributed by atoms with E-state index in [1.807, 2.05) is 0 Å². The van der Waals surface area contributed by atoms with Crippen LogP contribution in [0.25, 0.3) is 0 Å². The second kappa shape index (κ2) is 4.52. The van der Waals surface area contributed by atoms with Crippen molar-refractivity contribution in [2.45, 2.75) is 31.1 Å². The number of nitrogens with zero attached hydrogens (tertiary/aromatic N) is 2. The van der Waals surface area contributed by atoms with E-state index in [4.69, 9.17) is 4.42 Å². The molecule has 8 heteroatoms. The van der Waals surface area contributed by atoms with Gasteiger partial charge >= 0.3 is 6.09 Å². The maximum absolute atomic E-state index is 12.2. The molecule has 106 valence electrons. The van der Waals surface area contributed by atoms with E-state index in [1.165, 1.54) is 6.26 Å².